The lowest BCUT2D eigenvalue weighted by Crippen LogP contribution is -2.29. The van der Waals surface area contributed by atoms with Crippen LogP contribution in [0.2, 0.25) is 0 Å². The van der Waals surface area contributed by atoms with Gasteiger partial charge in [-0.15, -0.1) is 0 Å². The molecular weight excluding hydrogens is 214 g/mol. The number of nitrogens with zero attached hydrogens (tertiary/aromatic N) is 2. The maximum Gasteiger partial charge on any atom is 0.0877 e. The summed E-state index contributed by atoms with van der Waals surface area (Å²) in [5.74, 6) is 0. The van der Waals surface area contributed by atoms with E-state index in [1.807, 2.05) is 7.05 Å². The summed E-state index contributed by atoms with van der Waals surface area (Å²) in [4.78, 5) is 4.53. The highest BCUT2D eigenvalue weighted by Gasteiger charge is 2.16. The summed E-state index contributed by atoms with van der Waals surface area (Å²) in [7, 11) is 2.05. The fourth-order valence-electron chi connectivity index (χ4n) is 2.18. The van der Waals surface area contributed by atoms with E-state index in [9.17, 15) is 0 Å². The average Bonchev–Trinajstić information content (AvgIpc) is 2.73. The second-order valence-corrected chi connectivity index (χ2v) is 4.50. The van der Waals surface area contributed by atoms with Crippen LogP contribution in [0, 0.1) is 0 Å². The second-order valence-electron chi connectivity index (χ2n) is 4.50. The Labute approximate surface area is 103 Å². The van der Waals surface area contributed by atoms with Crippen LogP contribution in [-0.4, -0.2) is 50.0 Å². The molecule has 1 aliphatic rings. The lowest BCUT2D eigenvalue weighted by Gasteiger charge is -2.20. The number of rotatable bonds is 6. The molecule has 1 aliphatic heterocycles. The zero-order valence-corrected chi connectivity index (χ0v) is 10.4. The van der Waals surface area contributed by atoms with Crippen molar-refractivity contribution in [2.75, 3.05) is 50.2 Å². The zero-order valence-electron chi connectivity index (χ0n) is 10.4. The molecule has 1 aromatic rings. The summed E-state index contributed by atoms with van der Waals surface area (Å²) in [5.41, 5.74) is 2.54. The second kappa shape index (κ2) is 5.89. The van der Waals surface area contributed by atoms with Gasteiger partial charge in [0.25, 0.3) is 0 Å². The van der Waals surface area contributed by atoms with Crippen molar-refractivity contribution in [2.45, 2.75) is 6.42 Å². The molecule has 4 heteroatoms. The maximum atomic E-state index is 8.82. The van der Waals surface area contributed by atoms with E-state index in [1.54, 1.807) is 0 Å². The number of anilines is 2. The molecule has 94 valence electrons. The molecule has 1 heterocycles. The number of likely N-dealkylation sites (N-methyl/N-ethyl adjacent to an activating group) is 1. The van der Waals surface area contributed by atoms with Crippen LogP contribution in [0.25, 0.3) is 0 Å². The first-order valence-electron chi connectivity index (χ1n) is 6.18. The van der Waals surface area contributed by atoms with E-state index >= 15 is 0 Å². The molecule has 0 unspecified atom stereocenters. The Balaban J connectivity index is 1.78. The van der Waals surface area contributed by atoms with Crippen molar-refractivity contribution < 1.29 is 5.11 Å². The molecule has 0 saturated carbocycles. The molecule has 4 nitrogen and oxygen atoms in total. The van der Waals surface area contributed by atoms with Crippen molar-refractivity contribution in [3.05, 3.63) is 24.3 Å². The number of aliphatic hydroxyl groups is 1. The molecule has 0 bridgehead atoms. The molecule has 1 aromatic carbocycles. The normalized spacial score (nSPS) is 13.9. The Morgan fingerprint density at radius 1 is 1.35 bits per heavy atom. The van der Waals surface area contributed by atoms with Gasteiger partial charge in [0, 0.05) is 13.1 Å². The number of hydrogen-bond acceptors (Lipinski definition) is 4. The van der Waals surface area contributed by atoms with Gasteiger partial charge in [0.1, 0.15) is 0 Å². The van der Waals surface area contributed by atoms with Gasteiger partial charge in [-0.1, -0.05) is 12.1 Å². The van der Waals surface area contributed by atoms with Crippen LogP contribution < -0.4 is 10.2 Å². The smallest absolute Gasteiger partial charge is 0.0877 e. The monoisotopic (exact) mass is 235 g/mol. The fraction of sp³-hybridized carbons (Fsp3) is 0.538. The summed E-state index contributed by atoms with van der Waals surface area (Å²) >= 11 is 0. The number of nitrogens with one attached hydrogen (secondary N) is 1. The van der Waals surface area contributed by atoms with Gasteiger partial charge >= 0.3 is 0 Å². The Hall–Kier alpha value is -1.26. The number of aliphatic hydroxyl groups excluding tert-OH is 1. The van der Waals surface area contributed by atoms with E-state index in [0.29, 0.717) is 0 Å². The summed E-state index contributed by atoms with van der Waals surface area (Å²) in [6.07, 6.45) is 1.12. The van der Waals surface area contributed by atoms with E-state index < -0.39 is 0 Å². The molecular formula is C13H21N3O. The Morgan fingerprint density at radius 2 is 2.18 bits per heavy atom. The van der Waals surface area contributed by atoms with E-state index in [2.05, 4.69) is 39.4 Å². The topological polar surface area (TPSA) is 38.7 Å². The summed E-state index contributed by atoms with van der Waals surface area (Å²) in [6, 6.07) is 8.42. The average molecular weight is 235 g/mol. The lowest BCUT2D eigenvalue weighted by atomic mass is 10.2. The first kappa shape index (κ1) is 12.2. The third-order valence-corrected chi connectivity index (χ3v) is 3.15. The molecule has 17 heavy (non-hydrogen) atoms. The molecule has 0 saturated heterocycles. The number of fused-ring (bicyclic) bond motifs is 1. The molecule has 0 aromatic heterocycles. The molecule has 0 spiro atoms. The van der Waals surface area contributed by atoms with Crippen molar-refractivity contribution >= 4 is 11.4 Å². The minimum absolute atomic E-state index is 0.241. The lowest BCUT2D eigenvalue weighted by molar-refractivity contribution is 0.221. The number of hydrogen-bond donors (Lipinski definition) is 2. The predicted octanol–water partition coefficient (Wildman–Crippen LogP) is 1.19. The highest BCUT2D eigenvalue weighted by Crippen LogP contribution is 2.30. The standard InChI is InChI=1S/C13H21N3O/c1-15(9-10-17)7-4-8-16-11-14-12-5-2-3-6-13(12)16/h2-3,5-6,14,17H,4,7-11H2,1H3. The summed E-state index contributed by atoms with van der Waals surface area (Å²) in [6.45, 7) is 3.99. The third-order valence-electron chi connectivity index (χ3n) is 3.15. The van der Waals surface area contributed by atoms with Crippen molar-refractivity contribution in [3.63, 3.8) is 0 Å². The van der Waals surface area contributed by atoms with Crippen molar-refractivity contribution in [3.8, 4) is 0 Å². The van der Waals surface area contributed by atoms with Crippen LogP contribution >= 0.6 is 0 Å². The van der Waals surface area contributed by atoms with Crippen LogP contribution in [-0.2, 0) is 0 Å². The van der Waals surface area contributed by atoms with E-state index in [4.69, 9.17) is 5.11 Å². The van der Waals surface area contributed by atoms with Crippen LogP contribution in [0.5, 0.6) is 0 Å². The van der Waals surface area contributed by atoms with Crippen molar-refractivity contribution in [2.24, 2.45) is 0 Å². The molecule has 0 radical (unpaired) electrons. The maximum absolute atomic E-state index is 8.82. The Morgan fingerprint density at radius 3 is 3.00 bits per heavy atom. The summed E-state index contributed by atoms with van der Waals surface area (Å²) in [5, 5.41) is 12.2. The van der Waals surface area contributed by atoms with Crippen molar-refractivity contribution in [1.29, 1.82) is 0 Å². The Bertz CT molecular complexity index is 356. The molecule has 2 rings (SSSR count). The van der Waals surface area contributed by atoms with E-state index in [1.165, 1.54) is 11.4 Å². The fourth-order valence-corrected chi connectivity index (χ4v) is 2.18. The van der Waals surface area contributed by atoms with Gasteiger partial charge in [0.05, 0.1) is 24.7 Å². The molecule has 0 atom stereocenters. The first-order chi connectivity index (χ1) is 8.31. The van der Waals surface area contributed by atoms with Gasteiger partial charge in [0.15, 0.2) is 0 Å². The summed E-state index contributed by atoms with van der Waals surface area (Å²) < 4.78 is 0. The minimum Gasteiger partial charge on any atom is -0.395 e. The molecule has 0 fully saturated rings. The molecule has 0 amide bonds. The first-order valence-corrected chi connectivity index (χ1v) is 6.18. The zero-order chi connectivity index (χ0) is 12.1. The SMILES string of the molecule is CN(CCO)CCCN1CNc2ccccc21. The largest absolute Gasteiger partial charge is 0.395 e. The van der Waals surface area contributed by atoms with E-state index in [0.717, 1.165) is 32.7 Å². The van der Waals surface area contributed by atoms with Gasteiger partial charge < -0.3 is 20.2 Å². The van der Waals surface area contributed by atoms with Crippen molar-refractivity contribution in [1.82, 2.24) is 4.90 Å². The van der Waals surface area contributed by atoms with Gasteiger partial charge in [-0.05, 0) is 32.1 Å². The molecule has 0 aliphatic carbocycles. The van der Waals surface area contributed by atoms with Crippen LogP contribution in [0.1, 0.15) is 6.42 Å². The quantitative estimate of drug-likeness (QED) is 0.777. The van der Waals surface area contributed by atoms with Crippen LogP contribution in [0.3, 0.4) is 0 Å². The van der Waals surface area contributed by atoms with Gasteiger partial charge in [-0.25, -0.2) is 0 Å². The van der Waals surface area contributed by atoms with Crippen LogP contribution in [0.4, 0.5) is 11.4 Å². The van der Waals surface area contributed by atoms with Gasteiger partial charge in [-0.2, -0.15) is 0 Å². The van der Waals surface area contributed by atoms with Crippen LogP contribution in [0.15, 0.2) is 24.3 Å². The predicted molar refractivity (Wildman–Crippen MR) is 71.5 cm³/mol. The highest BCUT2D eigenvalue weighted by molar-refractivity contribution is 5.74. The number of para-hydroxylation sites is 2. The van der Waals surface area contributed by atoms with Gasteiger partial charge in [0.2, 0.25) is 0 Å². The third kappa shape index (κ3) is 3.11. The van der Waals surface area contributed by atoms with E-state index in [-0.39, 0.29) is 6.61 Å². The minimum atomic E-state index is 0.241. The molecule has 2 N–H and O–H groups in total. The Kier molecular flexibility index (Phi) is 4.23. The highest BCUT2D eigenvalue weighted by atomic mass is 16.3. The van der Waals surface area contributed by atoms with Gasteiger partial charge in [-0.3, -0.25) is 0 Å². The number of benzene rings is 1.